The fourth-order valence-corrected chi connectivity index (χ4v) is 5.43. The lowest BCUT2D eigenvalue weighted by atomic mass is 9.82. The zero-order chi connectivity index (χ0) is 19.4. The molecule has 28 heavy (non-hydrogen) atoms. The molecule has 5 nitrogen and oxygen atoms in total. The van der Waals surface area contributed by atoms with Gasteiger partial charge in [-0.05, 0) is 56.0 Å². The molecule has 0 saturated heterocycles. The second-order valence-corrected chi connectivity index (χ2v) is 8.78. The van der Waals surface area contributed by atoms with Gasteiger partial charge in [-0.25, -0.2) is 4.98 Å². The first kappa shape index (κ1) is 18.9. The van der Waals surface area contributed by atoms with Crippen LogP contribution >= 0.6 is 11.3 Å². The lowest BCUT2D eigenvalue weighted by molar-refractivity contribution is -0.127. The second-order valence-electron chi connectivity index (χ2n) is 7.83. The van der Waals surface area contributed by atoms with E-state index in [-0.39, 0.29) is 23.5 Å². The van der Waals surface area contributed by atoms with Crippen LogP contribution in [0.15, 0.2) is 35.8 Å². The van der Waals surface area contributed by atoms with E-state index in [0.717, 1.165) is 51.4 Å². The van der Waals surface area contributed by atoms with Crippen molar-refractivity contribution in [2.24, 2.45) is 0 Å². The van der Waals surface area contributed by atoms with Crippen LogP contribution < -0.4 is 10.1 Å². The van der Waals surface area contributed by atoms with Gasteiger partial charge in [-0.2, -0.15) is 5.26 Å². The van der Waals surface area contributed by atoms with Crippen molar-refractivity contribution in [1.29, 1.82) is 5.26 Å². The van der Waals surface area contributed by atoms with Gasteiger partial charge >= 0.3 is 0 Å². The fraction of sp³-hybridized carbons (Fsp3) is 0.500. The Kier molecular flexibility index (Phi) is 5.63. The van der Waals surface area contributed by atoms with Gasteiger partial charge in [-0.3, -0.25) is 4.79 Å². The topological polar surface area (TPSA) is 75.0 Å². The summed E-state index contributed by atoms with van der Waals surface area (Å²) in [7, 11) is 0. The van der Waals surface area contributed by atoms with Crippen molar-refractivity contribution in [3.8, 4) is 11.9 Å². The molecular formula is C22H25N3O2S. The molecule has 0 bridgehead atoms. The molecule has 0 atom stereocenters. The molecule has 0 unspecified atom stereocenters. The molecule has 1 amide bonds. The van der Waals surface area contributed by atoms with Crippen molar-refractivity contribution in [1.82, 2.24) is 10.3 Å². The van der Waals surface area contributed by atoms with Crippen LogP contribution in [0.4, 0.5) is 0 Å². The molecule has 2 fully saturated rings. The number of ether oxygens (including phenoxy) is 1. The third kappa shape index (κ3) is 3.90. The largest absolute Gasteiger partial charge is 0.474 e. The summed E-state index contributed by atoms with van der Waals surface area (Å²) in [6.07, 6.45) is 9.48. The molecule has 0 radical (unpaired) electrons. The van der Waals surface area contributed by atoms with E-state index in [1.165, 1.54) is 11.1 Å². The van der Waals surface area contributed by atoms with E-state index in [0.29, 0.717) is 11.4 Å². The fourth-order valence-electron chi connectivity index (χ4n) is 4.45. The third-order valence-electron chi connectivity index (χ3n) is 6.05. The maximum atomic E-state index is 13.2. The Bertz CT molecular complexity index is 828. The van der Waals surface area contributed by atoms with Crippen LogP contribution in [0.1, 0.15) is 61.8 Å². The van der Waals surface area contributed by atoms with Crippen LogP contribution in [0.5, 0.6) is 5.88 Å². The van der Waals surface area contributed by atoms with Gasteiger partial charge < -0.3 is 10.1 Å². The minimum Gasteiger partial charge on any atom is -0.474 e. The first-order valence-electron chi connectivity index (χ1n) is 10.1. The summed E-state index contributed by atoms with van der Waals surface area (Å²) in [5, 5.41) is 14.3. The van der Waals surface area contributed by atoms with Gasteiger partial charge in [0, 0.05) is 23.2 Å². The van der Waals surface area contributed by atoms with Crippen molar-refractivity contribution in [2.45, 2.75) is 68.9 Å². The number of carbonyl (C=O) groups excluding carboxylic acids is 1. The number of carbonyl (C=O) groups is 1. The van der Waals surface area contributed by atoms with Gasteiger partial charge in [0.15, 0.2) is 0 Å². The number of thiophene rings is 1. The molecule has 2 aromatic rings. The van der Waals surface area contributed by atoms with Gasteiger partial charge in [-0.15, -0.1) is 11.3 Å². The Morgan fingerprint density at radius 3 is 2.61 bits per heavy atom. The first-order valence-corrected chi connectivity index (χ1v) is 11.0. The van der Waals surface area contributed by atoms with Crippen LogP contribution in [0.3, 0.4) is 0 Å². The predicted molar refractivity (Wildman–Crippen MR) is 108 cm³/mol. The first-order chi connectivity index (χ1) is 13.7. The average molecular weight is 396 g/mol. The SMILES string of the molecule is N#Cc1ccc(OC2CCC(NC(=O)C3(c4cccs4)CCCC3)CC2)nc1. The van der Waals surface area contributed by atoms with E-state index < -0.39 is 0 Å². The van der Waals surface area contributed by atoms with Crippen molar-refractivity contribution < 1.29 is 9.53 Å². The number of hydrogen-bond acceptors (Lipinski definition) is 5. The summed E-state index contributed by atoms with van der Waals surface area (Å²) in [4.78, 5) is 18.6. The van der Waals surface area contributed by atoms with E-state index in [4.69, 9.17) is 10.00 Å². The molecule has 0 spiro atoms. The number of rotatable bonds is 5. The van der Waals surface area contributed by atoms with Crippen molar-refractivity contribution in [3.05, 3.63) is 46.3 Å². The summed E-state index contributed by atoms with van der Waals surface area (Å²) in [5.74, 6) is 0.777. The van der Waals surface area contributed by atoms with Crippen molar-refractivity contribution in [3.63, 3.8) is 0 Å². The summed E-state index contributed by atoms with van der Waals surface area (Å²) in [6.45, 7) is 0. The highest BCUT2D eigenvalue weighted by Crippen LogP contribution is 2.43. The number of nitrogens with zero attached hydrogens (tertiary/aromatic N) is 2. The lowest BCUT2D eigenvalue weighted by Crippen LogP contribution is -2.48. The molecule has 2 heterocycles. The highest BCUT2D eigenvalue weighted by molar-refractivity contribution is 7.10. The Balaban J connectivity index is 1.31. The standard InChI is InChI=1S/C22H25N3O2S/c23-14-16-5-10-20(24-15-16)27-18-8-6-17(7-9-18)25-21(26)22(11-1-2-12-22)19-4-3-13-28-19/h3-5,10,13,15,17-18H,1-2,6-9,11-12H2,(H,25,26). The van der Waals surface area contributed by atoms with E-state index in [1.54, 1.807) is 23.5 Å². The van der Waals surface area contributed by atoms with Crippen LogP contribution in [0, 0.1) is 11.3 Å². The van der Waals surface area contributed by atoms with Crippen molar-refractivity contribution in [2.75, 3.05) is 0 Å². The summed E-state index contributed by atoms with van der Waals surface area (Å²) < 4.78 is 5.96. The minimum atomic E-state index is -0.312. The molecule has 1 N–H and O–H groups in total. The molecule has 0 aromatic carbocycles. The number of pyridine rings is 1. The molecule has 0 aliphatic heterocycles. The zero-order valence-corrected chi connectivity index (χ0v) is 16.7. The molecular weight excluding hydrogens is 370 g/mol. The van der Waals surface area contributed by atoms with Crippen molar-refractivity contribution >= 4 is 17.2 Å². The predicted octanol–water partition coefficient (Wildman–Crippen LogP) is 4.33. The Morgan fingerprint density at radius 1 is 1.21 bits per heavy atom. The van der Waals surface area contributed by atoms with Crippen LogP contribution in [0.2, 0.25) is 0 Å². The van der Waals surface area contributed by atoms with Gasteiger partial charge in [0.2, 0.25) is 11.8 Å². The van der Waals surface area contributed by atoms with Gasteiger partial charge in [0.05, 0.1) is 11.0 Å². The Hall–Kier alpha value is -2.39. The normalized spacial score (nSPS) is 23.7. The van der Waals surface area contributed by atoms with E-state index in [9.17, 15) is 4.79 Å². The monoisotopic (exact) mass is 395 g/mol. The summed E-state index contributed by atoms with van der Waals surface area (Å²) >= 11 is 1.71. The molecule has 2 aliphatic rings. The molecule has 2 saturated carbocycles. The van der Waals surface area contributed by atoms with Gasteiger partial charge in [0.25, 0.3) is 0 Å². The highest BCUT2D eigenvalue weighted by Gasteiger charge is 2.44. The molecule has 4 rings (SSSR count). The van der Waals surface area contributed by atoms with Crippen LogP contribution in [0.25, 0.3) is 0 Å². The molecule has 2 aliphatic carbocycles. The van der Waals surface area contributed by atoms with E-state index >= 15 is 0 Å². The smallest absolute Gasteiger partial charge is 0.231 e. The van der Waals surface area contributed by atoms with E-state index in [1.807, 2.05) is 6.07 Å². The lowest BCUT2D eigenvalue weighted by Gasteiger charge is -2.33. The average Bonchev–Trinajstić information content (AvgIpc) is 3.43. The van der Waals surface area contributed by atoms with Crippen LogP contribution in [-0.2, 0) is 10.2 Å². The maximum absolute atomic E-state index is 13.2. The van der Waals surface area contributed by atoms with E-state index in [2.05, 4.69) is 27.8 Å². The molecule has 6 heteroatoms. The third-order valence-corrected chi connectivity index (χ3v) is 7.12. The molecule has 146 valence electrons. The Morgan fingerprint density at radius 2 is 2.00 bits per heavy atom. The summed E-state index contributed by atoms with van der Waals surface area (Å²) in [5.41, 5.74) is 0.221. The quantitative estimate of drug-likeness (QED) is 0.817. The number of aromatic nitrogens is 1. The summed E-state index contributed by atoms with van der Waals surface area (Å²) in [6, 6.07) is 9.92. The number of nitrogens with one attached hydrogen (secondary N) is 1. The van der Waals surface area contributed by atoms with Crippen LogP contribution in [-0.4, -0.2) is 23.0 Å². The number of hydrogen-bond donors (Lipinski definition) is 1. The zero-order valence-electron chi connectivity index (χ0n) is 15.9. The maximum Gasteiger partial charge on any atom is 0.231 e. The number of amides is 1. The Labute approximate surface area is 169 Å². The van der Waals surface area contributed by atoms with Gasteiger partial charge in [-0.1, -0.05) is 18.9 Å². The second kappa shape index (κ2) is 8.32. The number of nitriles is 1. The minimum absolute atomic E-state index is 0.117. The highest BCUT2D eigenvalue weighted by atomic mass is 32.1. The van der Waals surface area contributed by atoms with Gasteiger partial charge in [0.1, 0.15) is 12.2 Å². The molecule has 2 aromatic heterocycles.